The van der Waals surface area contributed by atoms with Crippen molar-refractivity contribution in [2.24, 2.45) is 0 Å². The smallest absolute Gasteiger partial charge is 0.143 e. The number of halogens is 1. The zero-order chi connectivity index (χ0) is 23.2. The number of aromatic hydroxyl groups is 1. The van der Waals surface area contributed by atoms with Crippen LogP contribution in [0.1, 0.15) is 61.8 Å². The number of anilines is 2. The number of aryl methyl sites for hydroxylation is 2. The molecule has 32 heavy (non-hydrogen) atoms. The predicted molar refractivity (Wildman–Crippen MR) is 135 cm³/mol. The van der Waals surface area contributed by atoms with E-state index in [2.05, 4.69) is 77.2 Å². The van der Waals surface area contributed by atoms with Gasteiger partial charge in [-0.1, -0.05) is 57.0 Å². The highest BCUT2D eigenvalue weighted by Crippen LogP contribution is 2.40. The SMILES string of the molecule is Cc1ccc(Nc2c(-c3cc(C(C)C)c(O)c(C(C)C)c3)nc3ccc(Cl)cn23)c(C)c1. The number of nitrogens with one attached hydrogen (secondary N) is 1. The van der Waals surface area contributed by atoms with Crippen molar-refractivity contribution in [3.8, 4) is 17.0 Å². The Balaban J connectivity index is 1.98. The van der Waals surface area contributed by atoms with E-state index in [0.717, 1.165) is 45.1 Å². The van der Waals surface area contributed by atoms with Crippen LogP contribution in [0.25, 0.3) is 16.9 Å². The minimum atomic E-state index is 0.190. The summed E-state index contributed by atoms with van der Waals surface area (Å²) in [5, 5.41) is 15.1. The summed E-state index contributed by atoms with van der Waals surface area (Å²) in [5.74, 6) is 1.61. The van der Waals surface area contributed by atoms with Crippen molar-refractivity contribution in [1.29, 1.82) is 0 Å². The lowest BCUT2D eigenvalue weighted by Crippen LogP contribution is -2.01. The Morgan fingerprint density at radius 2 is 1.59 bits per heavy atom. The fourth-order valence-corrected chi connectivity index (χ4v) is 4.28. The summed E-state index contributed by atoms with van der Waals surface area (Å²) in [6, 6.07) is 14.2. The van der Waals surface area contributed by atoms with E-state index in [9.17, 15) is 5.11 Å². The highest BCUT2D eigenvalue weighted by molar-refractivity contribution is 6.30. The van der Waals surface area contributed by atoms with E-state index in [1.165, 1.54) is 5.56 Å². The van der Waals surface area contributed by atoms with Crippen molar-refractivity contribution in [3.05, 3.63) is 75.9 Å². The van der Waals surface area contributed by atoms with Crippen molar-refractivity contribution in [1.82, 2.24) is 9.38 Å². The maximum atomic E-state index is 10.9. The molecule has 4 nitrogen and oxygen atoms in total. The number of phenols is 1. The molecule has 0 bridgehead atoms. The lowest BCUT2D eigenvalue weighted by Gasteiger charge is -2.18. The zero-order valence-electron chi connectivity index (χ0n) is 19.5. The number of imidazole rings is 1. The van der Waals surface area contributed by atoms with E-state index >= 15 is 0 Å². The van der Waals surface area contributed by atoms with Crippen molar-refractivity contribution in [2.45, 2.75) is 53.4 Å². The van der Waals surface area contributed by atoms with Crippen LogP contribution >= 0.6 is 11.6 Å². The standard InChI is InChI=1S/C27H30ClN3O/c1-15(2)21-12-19(13-22(16(3)4)26(21)32)25-27(29-23-9-7-17(5)11-18(23)6)31-14-20(28)8-10-24(31)30-25/h7-16,29,32H,1-6H3. The van der Waals surface area contributed by atoms with Crippen molar-refractivity contribution >= 4 is 28.8 Å². The zero-order valence-corrected chi connectivity index (χ0v) is 20.2. The van der Waals surface area contributed by atoms with Gasteiger partial charge in [0.25, 0.3) is 0 Å². The van der Waals surface area contributed by atoms with Crippen molar-refractivity contribution < 1.29 is 5.11 Å². The molecule has 2 aromatic heterocycles. The fraction of sp³-hybridized carbons (Fsp3) is 0.296. The number of benzene rings is 2. The number of nitrogens with zero attached hydrogens (tertiary/aromatic N) is 2. The van der Waals surface area contributed by atoms with Crippen LogP contribution in [0.15, 0.2) is 48.7 Å². The molecular formula is C27H30ClN3O. The molecule has 0 saturated carbocycles. The van der Waals surface area contributed by atoms with Gasteiger partial charge in [0.1, 0.15) is 22.9 Å². The van der Waals surface area contributed by atoms with E-state index < -0.39 is 0 Å². The molecule has 2 N–H and O–H groups in total. The Hall–Kier alpha value is -2.98. The monoisotopic (exact) mass is 447 g/mol. The van der Waals surface area contributed by atoms with Gasteiger partial charge in [-0.05, 0) is 72.7 Å². The Labute approximate surface area is 194 Å². The Morgan fingerprint density at radius 3 is 2.19 bits per heavy atom. The van der Waals surface area contributed by atoms with E-state index in [1.807, 2.05) is 22.7 Å². The first-order chi connectivity index (χ1) is 15.2. The van der Waals surface area contributed by atoms with Crippen LogP contribution in [0.2, 0.25) is 5.02 Å². The molecule has 166 valence electrons. The Kier molecular flexibility index (Phi) is 5.91. The summed E-state index contributed by atoms with van der Waals surface area (Å²) in [7, 11) is 0. The number of phenolic OH excluding ortho intramolecular Hbond substituents is 1. The average molecular weight is 448 g/mol. The van der Waals surface area contributed by atoms with Gasteiger partial charge >= 0.3 is 0 Å². The summed E-state index contributed by atoms with van der Waals surface area (Å²) in [6.07, 6.45) is 1.88. The first kappa shape index (κ1) is 22.2. The summed E-state index contributed by atoms with van der Waals surface area (Å²) in [6.45, 7) is 12.6. The number of aromatic nitrogens is 2. The molecule has 0 aliphatic rings. The van der Waals surface area contributed by atoms with E-state index in [-0.39, 0.29) is 11.8 Å². The molecule has 4 aromatic rings. The maximum absolute atomic E-state index is 10.9. The van der Waals surface area contributed by atoms with Gasteiger partial charge in [-0.2, -0.15) is 0 Å². The molecule has 4 rings (SSSR count). The molecule has 0 fully saturated rings. The lowest BCUT2D eigenvalue weighted by molar-refractivity contribution is 0.454. The molecule has 0 amide bonds. The van der Waals surface area contributed by atoms with Gasteiger partial charge in [0.15, 0.2) is 0 Å². The quantitative estimate of drug-likeness (QED) is 0.326. The predicted octanol–water partition coefficient (Wildman–Crippen LogP) is 7.97. The van der Waals surface area contributed by atoms with Gasteiger partial charge in [-0.15, -0.1) is 0 Å². The molecule has 0 atom stereocenters. The van der Waals surface area contributed by atoms with Gasteiger partial charge in [0.2, 0.25) is 0 Å². The first-order valence-electron chi connectivity index (χ1n) is 11.0. The summed E-state index contributed by atoms with van der Waals surface area (Å²) >= 11 is 6.35. The second-order valence-corrected chi connectivity index (χ2v) is 9.58. The van der Waals surface area contributed by atoms with Crippen LogP contribution < -0.4 is 5.32 Å². The molecule has 0 radical (unpaired) electrons. The van der Waals surface area contributed by atoms with Crippen LogP contribution in [0.5, 0.6) is 5.75 Å². The Morgan fingerprint density at radius 1 is 0.938 bits per heavy atom. The Bertz CT molecular complexity index is 1270. The minimum absolute atomic E-state index is 0.190. The third kappa shape index (κ3) is 4.07. The topological polar surface area (TPSA) is 49.6 Å². The highest BCUT2D eigenvalue weighted by atomic mass is 35.5. The van der Waals surface area contributed by atoms with E-state index in [1.54, 1.807) is 0 Å². The maximum Gasteiger partial charge on any atom is 0.143 e. The van der Waals surface area contributed by atoms with Gasteiger partial charge < -0.3 is 10.4 Å². The van der Waals surface area contributed by atoms with Gasteiger partial charge in [0, 0.05) is 17.4 Å². The molecule has 0 spiro atoms. The van der Waals surface area contributed by atoms with E-state index in [4.69, 9.17) is 16.6 Å². The van der Waals surface area contributed by atoms with Gasteiger partial charge in [-0.3, -0.25) is 4.40 Å². The fourth-order valence-electron chi connectivity index (χ4n) is 4.12. The molecule has 5 heteroatoms. The van der Waals surface area contributed by atoms with Gasteiger partial charge in [-0.25, -0.2) is 4.98 Å². The lowest BCUT2D eigenvalue weighted by atomic mass is 9.90. The van der Waals surface area contributed by atoms with Crippen LogP contribution in [-0.4, -0.2) is 14.5 Å². The summed E-state index contributed by atoms with van der Waals surface area (Å²) in [5.41, 5.74) is 7.86. The molecule has 0 aliphatic heterocycles. The van der Waals surface area contributed by atoms with Crippen molar-refractivity contribution in [2.75, 3.05) is 5.32 Å². The third-order valence-corrected chi connectivity index (χ3v) is 6.13. The molecule has 0 aliphatic carbocycles. The van der Waals surface area contributed by atoms with Crippen LogP contribution in [0, 0.1) is 13.8 Å². The number of fused-ring (bicyclic) bond motifs is 1. The molecule has 0 unspecified atom stereocenters. The minimum Gasteiger partial charge on any atom is -0.507 e. The van der Waals surface area contributed by atoms with E-state index in [0.29, 0.717) is 10.8 Å². The third-order valence-electron chi connectivity index (χ3n) is 5.90. The number of hydrogen-bond donors (Lipinski definition) is 2. The van der Waals surface area contributed by atoms with Crippen LogP contribution in [-0.2, 0) is 0 Å². The molecule has 2 aromatic carbocycles. The average Bonchev–Trinajstić information content (AvgIpc) is 3.07. The normalized spacial score (nSPS) is 11.7. The highest BCUT2D eigenvalue weighted by Gasteiger charge is 2.21. The largest absolute Gasteiger partial charge is 0.507 e. The summed E-state index contributed by atoms with van der Waals surface area (Å²) in [4.78, 5) is 4.96. The molecule has 2 heterocycles. The second kappa shape index (κ2) is 8.51. The van der Waals surface area contributed by atoms with Crippen LogP contribution in [0.3, 0.4) is 0 Å². The first-order valence-corrected chi connectivity index (χ1v) is 11.4. The number of rotatable bonds is 5. The second-order valence-electron chi connectivity index (χ2n) is 9.14. The molecular weight excluding hydrogens is 418 g/mol. The molecule has 0 saturated heterocycles. The van der Waals surface area contributed by atoms with Crippen molar-refractivity contribution in [3.63, 3.8) is 0 Å². The number of pyridine rings is 1. The summed E-state index contributed by atoms with van der Waals surface area (Å²) < 4.78 is 1.99. The van der Waals surface area contributed by atoms with Gasteiger partial charge in [0.05, 0.1) is 5.02 Å². The number of hydrogen-bond acceptors (Lipinski definition) is 3. The van der Waals surface area contributed by atoms with Crippen LogP contribution in [0.4, 0.5) is 11.5 Å².